The van der Waals surface area contributed by atoms with Gasteiger partial charge in [-0.2, -0.15) is 0 Å². The Bertz CT molecular complexity index is 482. The number of nitrogens with two attached hydrogens (primary N) is 1. The van der Waals surface area contributed by atoms with Gasteiger partial charge in [0.1, 0.15) is 0 Å². The molecule has 3 N–H and O–H groups in total. The van der Waals surface area contributed by atoms with Crippen LogP contribution < -0.4 is 11.1 Å². The second kappa shape index (κ2) is 5.55. The number of hydrogen-bond donors (Lipinski definition) is 2. The van der Waals surface area contributed by atoms with Gasteiger partial charge in [-0.1, -0.05) is 23.7 Å². The fourth-order valence-electron chi connectivity index (χ4n) is 1.54. The normalized spacial score (nSPS) is 10.2. The van der Waals surface area contributed by atoms with Gasteiger partial charge in [0.05, 0.1) is 10.7 Å². The largest absolute Gasteiger partial charge is 0.399 e. The van der Waals surface area contributed by atoms with Crippen molar-refractivity contribution in [2.24, 2.45) is 0 Å². The van der Waals surface area contributed by atoms with E-state index in [1.807, 2.05) is 30.3 Å². The van der Waals surface area contributed by atoms with Crippen molar-refractivity contribution in [2.75, 3.05) is 17.6 Å². The molecule has 0 saturated heterocycles. The monoisotopic (exact) mass is 247 g/mol. The summed E-state index contributed by atoms with van der Waals surface area (Å²) in [5.74, 6) is 0. The van der Waals surface area contributed by atoms with Crippen molar-refractivity contribution in [3.63, 3.8) is 0 Å². The van der Waals surface area contributed by atoms with Crippen LogP contribution in [0.25, 0.3) is 0 Å². The molecule has 2 rings (SSSR count). The number of rotatable bonds is 4. The Hall–Kier alpha value is -1.74. The van der Waals surface area contributed by atoms with Crippen molar-refractivity contribution in [1.29, 1.82) is 0 Å². The van der Waals surface area contributed by atoms with Gasteiger partial charge in [0.25, 0.3) is 0 Å². The van der Waals surface area contributed by atoms with Gasteiger partial charge >= 0.3 is 0 Å². The zero-order valence-corrected chi connectivity index (χ0v) is 10.1. The Morgan fingerprint density at radius 1 is 1.18 bits per heavy atom. The van der Waals surface area contributed by atoms with Crippen LogP contribution >= 0.6 is 11.6 Å². The Morgan fingerprint density at radius 3 is 2.65 bits per heavy atom. The van der Waals surface area contributed by atoms with Crippen LogP contribution in [0.2, 0.25) is 5.02 Å². The zero-order chi connectivity index (χ0) is 12.1. The van der Waals surface area contributed by atoms with Gasteiger partial charge in [0.15, 0.2) is 0 Å². The highest BCUT2D eigenvalue weighted by molar-refractivity contribution is 6.33. The van der Waals surface area contributed by atoms with E-state index in [0.29, 0.717) is 5.02 Å². The molecule has 88 valence electrons. The minimum Gasteiger partial charge on any atom is -0.399 e. The molecular formula is C13H14ClN3. The molecule has 0 aliphatic heterocycles. The van der Waals surface area contributed by atoms with Gasteiger partial charge in [0.2, 0.25) is 0 Å². The second-order valence-electron chi connectivity index (χ2n) is 3.77. The summed E-state index contributed by atoms with van der Waals surface area (Å²) in [4.78, 5) is 3.94. The third-order valence-electron chi connectivity index (χ3n) is 2.48. The Balaban J connectivity index is 1.88. The first-order chi connectivity index (χ1) is 8.25. The first kappa shape index (κ1) is 11.7. The molecule has 0 radical (unpaired) electrons. The van der Waals surface area contributed by atoms with E-state index < -0.39 is 0 Å². The van der Waals surface area contributed by atoms with Crippen LogP contribution in [0.3, 0.4) is 0 Å². The van der Waals surface area contributed by atoms with Crippen molar-refractivity contribution < 1.29 is 0 Å². The first-order valence-corrected chi connectivity index (χ1v) is 5.81. The fraction of sp³-hybridized carbons (Fsp3) is 0.154. The van der Waals surface area contributed by atoms with E-state index in [4.69, 9.17) is 17.3 Å². The number of anilines is 2. The van der Waals surface area contributed by atoms with E-state index in [9.17, 15) is 0 Å². The minimum absolute atomic E-state index is 0.643. The quantitative estimate of drug-likeness (QED) is 0.817. The van der Waals surface area contributed by atoms with E-state index in [1.54, 1.807) is 12.4 Å². The smallest absolute Gasteiger partial charge is 0.0820 e. The van der Waals surface area contributed by atoms with Crippen LogP contribution in [-0.2, 0) is 6.42 Å². The van der Waals surface area contributed by atoms with Gasteiger partial charge in [-0.3, -0.25) is 4.98 Å². The van der Waals surface area contributed by atoms with E-state index in [1.165, 1.54) is 5.56 Å². The number of benzene rings is 1. The van der Waals surface area contributed by atoms with Crippen LogP contribution in [0.5, 0.6) is 0 Å². The lowest BCUT2D eigenvalue weighted by atomic mass is 10.1. The molecule has 0 bridgehead atoms. The van der Waals surface area contributed by atoms with E-state index in [0.717, 1.165) is 24.3 Å². The molecule has 0 spiro atoms. The van der Waals surface area contributed by atoms with Crippen molar-refractivity contribution in [3.05, 3.63) is 53.3 Å². The van der Waals surface area contributed by atoms with E-state index in [2.05, 4.69) is 10.3 Å². The lowest BCUT2D eigenvalue weighted by molar-refractivity contribution is 1.02. The summed E-state index contributed by atoms with van der Waals surface area (Å²) in [5.41, 5.74) is 8.58. The molecule has 4 heteroatoms. The molecule has 2 aromatic rings. The van der Waals surface area contributed by atoms with Gasteiger partial charge in [0, 0.05) is 24.6 Å². The third kappa shape index (κ3) is 3.36. The maximum absolute atomic E-state index is 5.99. The Labute approximate surface area is 106 Å². The SMILES string of the molecule is Nc1ccc(CCNc2ccncc2Cl)cc1. The van der Waals surface area contributed by atoms with Gasteiger partial charge < -0.3 is 11.1 Å². The van der Waals surface area contributed by atoms with Crippen LogP contribution in [0.15, 0.2) is 42.7 Å². The highest BCUT2D eigenvalue weighted by atomic mass is 35.5. The molecular weight excluding hydrogens is 234 g/mol. The average molecular weight is 248 g/mol. The van der Waals surface area contributed by atoms with Crippen LogP contribution in [0.4, 0.5) is 11.4 Å². The summed E-state index contributed by atoms with van der Waals surface area (Å²) in [6.07, 6.45) is 4.28. The Kier molecular flexibility index (Phi) is 3.83. The van der Waals surface area contributed by atoms with Crippen molar-refractivity contribution >= 4 is 23.0 Å². The number of aromatic nitrogens is 1. The van der Waals surface area contributed by atoms with Gasteiger partial charge in [-0.25, -0.2) is 0 Å². The lowest BCUT2D eigenvalue weighted by Gasteiger charge is -2.07. The topological polar surface area (TPSA) is 50.9 Å². The molecule has 17 heavy (non-hydrogen) atoms. The summed E-state index contributed by atoms with van der Waals surface area (Å²) in [7, 11) is 0. The summed E-state index contributed by atoms with van der Waals surface area (Å²) in [5, 5.41) is 3.92. The number of halogens is 1. The molecule has 0 amide bonds. The standard InChI is InChI=1S/C13H14ClN3/c14-12-9-16-7-6-13(12)17-8-5-10-1-3-11(15)4-2-10/h1-4,6-7,9H,5,8,15H2,(H,16,17). The average Bonchev–Trinajstić information content (AvgIpc) is 2.34. The molecule has 1 aromatic heterocycles. The molecule has 0 aliphatic carbocycles. The van der Waals surface area contributed by atoms with Gasteiger partial charge in [-0.05, 0) is 30.2 Å². The molecule has 0 saturated carbocycles. The van der Waals surface area contributed by atoms with Crippen LogP contribution in [0, 0.1) is 0 Å². The maximum Gasteiger partial charge on any atom is 0.0820 e. The number of nitrogens with one attached hydrogen (secondary N) is 1. The summed E-state index contributed by atoms with van der Waals surface area (Å²) < 4.78 is 0. The first-order valence-electron chi connectivity index (χ1n) is 5.43. The zero-order valence-electron chi connectivity index (χ0n) is 9.36. The number of nitrogen functional groups attached to an aromatic ring is 1. The highest BCUT2D eigenvalue weighted by Crippen LogP contribution is 2.18. The number of pyridine rings is 1. The predicted molar refractivity (Wildman–Crippen MR) is 72.3 cm³/mol. The summed E-state index contributed by atoms with van der Waals surface area (Å²) in [6, 6.07) is 9.76. The fourth-order valence-corrected chi connectivity index (χ4v) is 1.73. The van der Waals surface area contributed by atoms with Crippen LogP contribution in [0.1, 0.15) is 5.56 Å². The van der Waals surface area contributed by atoms with Crippen molar-refractivity contribution in [1.82, 2.24) is 4.98 Å². The molecule has 3 nitrogen and oxygen atoms in total. The predicted octanol–water partition coefficient (Wildman–Crippen LogP) is 2.97. The maximum atomic E-state index is 5.99. The minimum atomic E-state index is 0.643. The van der Waals surface area contributed by atoms with Crippen molar-refractivity contribution in [2.45, 2.75) is 6.42 Å². The summed E-state index contributed by atoms with van der Waals surface area (Å²) in [6.45, 7) is 0.827. The highest BCUT2D eigenvalue weighted by Gasteiger charge is 1.98. The molecule has 0 aliphatic rings. The Morgan fingerprint density at radius 2 is 1.94 bits per heavy atom. The summed E-state index contributed by atoms with van der Waals surface area (Å²) >= 11 is 5.99. The van der Waals surface area contributed by atoms with Gasteiger partial charge in [-0.15, -0.1) is 0 Å². The molecule has 0 atom stereocenters. The molecule has 0 fully saturated rings. The van der Waals surface area contributed by atoms with Crippen LogP contribution in [-0.4, -0.2) is 11.5 Å². The number of nitrogens with zero attached hydrogens (tertiary/aromatic N) is 1. The molecule has 1 aromatic carbocycles. The molecule has 0 unspecified atom stereocenters. The third-order valence-corrected chi connectivity index (χ3v) is 2.78. The van der Waals surface area contributed by atoms with E-state index >= 15 is 0 Å². The second-order valence-corrected chi connectivity index (χ2v) is 4.18. The number of hydrogen-bond acceptors (Lipinski definition) is 3. The molecule has 1 heterocycles. The lowest BCUT2D eigenvalue weighted by Crippen LogP contribution is -2.05. The van der Waals surface area contributed by atoms with E-state index in [-0.39, 0.29) is 0 Å². The van der Waals surface area contributed by atoms with Crippen molar-refractivity contribution in [3.8, 4) is 0 Å².